The van der Waals surface area contributed by atoms with Crippen molar-refractivity contribution in [3.05, 3.63) is 39.9 Å². The number of benzene rings is 1. The van der Waals surface area contributed by atoms with Crippen molar-refractivity contribution in [2.45, 2.75) is 12.8 Å². The second-order valence-corrected chi connectivity index (χ2v) is 2.82. The van der Waals surface area contributed by atoms with E-state index in [0.717, 1.165) is 5.56 Å². The molecular weight excluding hydrogens is 186 g/mol. The number of carbonyl (C=O) groups is 1. The molecule has 0 spiro atoms. The first-order valence-corrected chi connectivity index (χ1v) is 4.04. The molecule has 0 aromatic heterocycles. The number of nitrogens with zero attached hydrogens (tertiary/aromatic N) is 1. The number of rotatable bonds is 4. The first-order valence-electron chi connectivity index (χ1n) is 4.04. The molecule has 0 unspecified atom stereocenters. The molecule has 1 aromatic rings. The summed E-state index contributed by atoms with van der Waals surface area (Å²) in [6.45, 7) is 0. The van der Waals surface area contributed by atoms with Gasteiger partial charge in [0.1, 0.15) is 0 Å². The maximum absolute atomic E-state index is 10.3. The molecule has 0 bridgehead atoms. The lowest BCUT2D eigenvalue weighted by Gasteiger charge is -1.97. The van der Waals surface area contributed by atoms with E-state index in [-0.39, 0.29) is 12.1 Å². The molecule has 0 heterocycles. The van der Waals surface area contributed by atoms with Crippen LogP contribution in [0.3, 0.4) is 0 Å². The van der Waals surface area contributed by atoms with Crippen LogP contribution in [0.4, 0.5) is 5.69 Å². The highest BCUT2D eigenvalue weighted by molar-refractivity contribution is 5.67. The van der Waals surface area contributed by atoms with E-state index < -0.39 is 10.9 Å². The van der Waals surface area contributed by atoms with E-state index in [1.54, 1.807) is 12.1 Å². The summed E-state index contributed by atoms with van der Waals surface area (Å²) >= 11 is 0. The molecule has 0 atom stereocenters. The standard InChI is InChI=1S/C9H9NO4/c11-9(12)6-3-7-1-4-8(5-2-7)10(13)14/h1-2,4-5H,3,6H2,(H,11,12). The van der Waals surface area contributed by atoms with Gasteiger partial charge in [-0.25, -0.2) is 0 Å². The maximum atomic E-state index is 10.3. The van der Waals surface area contributed by atoms with Crippen molar-refractivity contribution in [2.75, 3.05) is 0 Å². The Kier molecular flexibility index (Phi) is 3.17. The third-order valence-electron chi connectivity index (χ3n) is 1.77. The van der Waals surface area contributed by atoms with Crippen LogP contribution in [-0.4, -0.2) is 16.0 Å². The quantitative estimate of drug-likeness (QED) is 0.584. The largest absolute Gasteiger partial charge is 0.481 e. The van der Waals surface area contributed by atoms with Gasteiger partial charge in [-0.3, -0.25) is 14.9 Å². The van der Waals surface area contributed by atoms with E-state index in [9.17, 15) is 14.9 Å². The van der Waals surface area contributed by atoms with Gasteiger partial charge in [0, 0.05) is 18.6 Å². The molecule has 1 N–H and O–H groups in total. The molecule has 0 radical (unpaired) electrons. The Bertz CT molecular complexity index is 344. The monoisotopic (exact) mass is 195 g/mol. The average Bonchev–Trinajstić information content (AvgIpc) is 2.15. The van der Waals surface area contributed by atoms with Crippen LogP contribution < -0.4 is 0 Å². The Hall–Kier alpha value is -1.91. The van der Waals surface area contributed by atoms with Crippen molar-refractivity contribution in [1.82, 2.24) is 0 Å². The lowest BCUT2D eigenvalue weighted by atomic mass is 10.1. The predicted octanol–water partition coefficient (Wildman–Crippen LogP) is 1.61. The number of nitro benzene ring substituents is 1. The average molecular weight is 195 g/mol. The van der Waals surface area contributed by atoms with Gasteiger partial charge in [-0.05, 0) is 12.0 Å². The van der Waals surface area contributed by atoms with Crippen LogP contribution in [0.1, 0.15) is 12.0 Å². The predicted molar refractivity (Wildman–Crippen MR) is 49.1 cm³/mol. The number of hydrogen-bond donors (Lipinski definition) is 1. The van der Waals surface area contributed by atoms with Gasteiger partial charge in [-0.15, -0.1) is 0 Å². The van der Waals surface area contributed by atoms with Gasteiger partial charge in [-0.2, -0.15) is 0 Å². The molecule has 0 saturated carbocycles. The van der Waals surface area contributed by atoms with E-state index in [0.29, 0.717) is 6.42 Å². The molecule has 74 valence electrons. The van der Waals surface area contributed by atoms with Gasteiger partial charge in [0.25, 0.3) is 5.69 Å². The van der Waals surface area contributed by atoms with Crippen LogP contribution in [0, 0.1) is 10.1 Å². The fraction of sp³-hybridized carbons (Fsp3) is 0.222. The summed E-state index contributed by atoms with van der Waals surface area (Å²) in [6, 6.07) is 5.89. The fourth-order valence-electron chi connectivity index (χ4n) is 1.04. The molecule has 5 heteroatoms. The molecule has 14 heavy (non-hydrogen) atoms. The molecule has 0 aliphatic rings. The second-order valence-electron chi connectivity index (χ2n) is 2.82. The minimum Gasteiger partial charge on any atom is -0.481 e. The van der Waals surface area contributed by atoms with Crippen molar-refractivity contribution < 1.29 is 14.8 Å². The maximum Gasteiger partial charge on any atom is 0.303 e. The first kappa shape index (κ1) is 10.2. The molecule has 1 aromatic carbocycles. The highest BCUT2D eigenvalue weighted by Gasteiger charge is 2.04. The van der Waals surface area contributed by atoms with Crippen molar-refractivity contribution in [3.63, 3.8) is 0 Å². The number of aliphatic carboxylic acids is 1. The topological polar surface area (TPSA) is 80.4 Å². The van der Waals surface area contributed by atoms with Crippen LogP contribution in [0.15, 0.2) is 24.3 Å². The Labute approximate surface area is 80.1 Å². The zero-order valence-corrected chi connectivity index (χ0v) is 7.34. The molecule has 0 saturated heterocycles. The fourth-order valence-corrected chi connectivity index (χ4v) is 1.04. The van der Waals surface area contributed by atoms with Crippen LogP contribution >= 0.6 is 0 Å². The zero-order valence-electron chi connectivity index (χ0n) is 7.34. The van der Waals surface area contributed by atoms with Gasteiger partial charge in [0.05, 0.1) is 4.92 Å². The molecule has 0 fully saturated rings. The SMILES string of the molecule is O=C(O)CCc1ccc([N+](=O)[O-])cc1. The number of hydrogen-bond acceptors (Lipinski definition) is 3. The number of carboxylic acids is 1. The van der Waals surface area contributed by atoms with Crippen molar-refractivity contribution in [2.24, 2.45) is 0 Å². The number of nitro groups is 1. The Morgan fingerprint density at radius 3 is 2.36 bits per heavy atom. The van der Waals surface area contributed by atoms with Crippen molar-refractivity contribution >= 4 is 11.7 Å². The number of aryl methyl sites for hydroxylation is 1. The van der Waals surface area contributed by atoms with E-state index >= 15 is 0 Å². The van der Waals surface area contributed by atoms with Crippen LogP contribution in [0.5, 0.6) is 0 Å². The minimum atomic E-state index is -0.872. The number of carboxylic acid groups (broad SMARTS) is 1. The van der Waals surface area contributed by atoms with E-state index in [1.807, 2.05) is 0 Å². The summed E-state index contributed by atoms with van der Waals surface area (Å²) in [5.41, 5.74) is 0.807. The second kappa shape index (κ2) is 4.36. The molecule has 0 aliphatic carbocycles. The highest BCUT2D eigenvalue weighted by atomic mass is 16.6. The normalized spacial score (nSPS) is 9.71. The summed E-state index contributed by atoms with van der Waals surface area (Å²) in [5, 5.41) is 18.7. The van der Waals surface area contributed by atoms with Crippen LogP contribution in [0.2, 0.25) is 0 Å². The van der Waals surface area contributed by atoms with E-state index in [1.165, 1.54) is 12.1 Å². The Balaban J connectivity index is 2.64. The highest BCUT2D eigenvalue weighted by Crippen LogP contribution is 2.12. The van der Waals surface area contributed by atoms with Crippen molar-refractivity contribution in [3.8, 4) is 0 Å². The van der Waals surface area contributed by atoms with Gasteiger partial charge in [0.15, 0.2) is 0 Å². The first-order chi connectivity index (χ1) is 6.59. The summed E-state index contributed by atoms with van der Waals surface area (Å²) in [4.78, 5) is 20.0. The van der Waals surface area contributed by atoms with Gasteiger partial charge >= 0.3 is 5.97 Å². The van der Waals surface area contributed by atoms with Gasteiger partial charge in [0.2, 0.25) is 0 Å². The summed E-state index contributed by atoms with van der Waals surface area (Å²) in [6.07, 6.45) is 0.436. The van der Waals surface area contributed by atoms with E-state index in [2.05, 4.69) is 0 Å². The lowest BCUT2D eigenvalue weighted by Crippen LogP contribution is -1.97. The molecule has 0 amide bonds. The van der Waals surface area contributed by atoms with Crippen molar-refractivity contribution in [1.29, 1.82) is 0 Å². The molecule has 5 nitrogen and oxygen atoms in total. The summed E-state index contributed by atoms with van der Waals surface area (Å²) in [7, 11) is 0. The van der Waals surface area contributed by atoms with Crippen LogP contribution in [0.25, 0.3) is 0 Å². The zero-order chi connectivity index (χ0) is 10.6. The van der Waals surface area contributed by atoms with Gasteiger partial charge < -0.3 is 5.11 Å². The van der Waals surface area contributed by atoms with Gasteiger partial charge in [-0.1, -0.05) is 12.1 Å². The lowest BCUT2D eigenvalue weighted by molar-refractivity contribution is -0.384. The number of non-ortho nitro benzene ring substituents is 1. The third-order valence-corrected chi connectivity index (χ3v) is 1.77. The van der Waals surface area contributed by atoms with Crippen LogP contribution in [-0.2, 0) is 11.2 Å². The Morgan fingerprint density at radius 1 is 1.36 bits per heavy atom. The molecule has 0 aliphatic heterocycles. The Morgan fingerprint density at radius 2 is 1.93 bits per heavy atom. The summed E-state index contributed by atoms with van der Waals surface area (Å²) < 4.78 is 0. The van der Waals surface area contributed by atoms with E-state index in [4.69, 9.17) is 5.11 Å². The third kappa shape index (κ3) is 2.85. The molecule has 1 rings (SSSR count). The smallest absolute Gasteiger partial charge is 0.303 e. The summed E-state index contributed by atoms with van der Waals surface area (Å²) in [5.74, 6) is -0.872. The molecular formula is C9H9NO4. The minimum absolute atomic E-state index is 0.0177.